The lowest BCUT2D eigenvalue weighted by Gasteiger charge is -2.25. The Morgan fingerprint density at radius 1 is 1.33 bits per heavy atom. The second kappa shape index (κ2) is 4.58. The van der Waals surface area contributed by atoms with Crippen LogP contribution in [0.1, 0.15) is 31.4 Å². The number of carbonyl (C=O) groups excluding carboxylic acids is 1. The molecule has 80 valence electrons. The fourth-order valence-corrected chi connectivity index (χ4v) is 2.30. The van der Waals surface area contributed by atoms with E-state index in [1.54, 1.807) is 0 Å². The van der Waals surface area contributed by atoms with Crippen molar-refractivity contribution in [3.8, 4) is 0 Å². The van der Waals surface area contributed by atoms with E-state index in [-0.39, 0.29) is 0 Å². The summed E-state index contributed by atoms with van der Waals surface area (Å²) in [4.78, 5) is 13.6. The van der Waals surface area contributed by atoms with Crippen molar-refractivity contribution in [1.82, 2.24) is 4.90 Å². The van der Waals surface area contributed by atoms with Gasteiger partial charge in [0.25, 0.3) is 0 Å². The van der Waals surface area contributed by atoms with Gasteiger partial charge in [-0.25, -0.2) is 0 Å². The summed E-state index contributed by atoms with van der Waals surface area (Å²) in [6.45, 7) is 3.74. The number of hydrogen-bond donors (Lipinski definition) is 0. The lowest BCUT2D eigenvalue weighted by Crippen LogP contribution is -2.26. The van der Waals surface area contributed by atoms with Crippen molar-refractivity contribution in [2.24, 2.45) is 0 Å². The predicted molar refractivity (Wildman–Crippen MR) is 60.7 cm³/mol. The highest BCUT2D eigenvalue weighted by Gasteiger charge is 2.26. The molecule has 0 aromatic heterocycles. The van der Waals surface area contributed by atoms with Gasteiger partial charge in [-0.2, -0.15) is 0 Å². The number of hydrogen-bond acceptors (Lipinski definition) is 2. The zero-order valence-corrected chi connectivity index (χ0v) is 9.15. The van der Waals surface area contributed by atoms with E-state index in [9.17, 15) is 4.79 Å². The largest absolute Gasteiger partial charge is 0.298 e. The molecule has 1 aromatic rings. The molecular formula is C13H17NO. The van der Waals surface area contributed by atoms with Crippen LogP contribution in [0.2, 0.25) is 0 Å². The summed E-state index contributed by atoms with van der Waals surface area (Å²) in [6, 6.07) is 10.9. The van der Waals surface area contributed by atoms with E-state index >= 15 is 0 Å². The molecule has 0 amide bonds. The SMILES string of the molecule is CCC(c1ccccc1)N1CCC(=O)C1. The molecule has 1 aliphatic heterocycles. The maximum Gasteiger partial charge on any atom is 0.148 e. The van der Waals surface area contributed by atoms with E-state index in [2.05, 4.69) is 36.1 Å². The van der Waals surface area contributed by atoms with E-state index in [4.69, 9.17) is 0 Å². The van der Waals surface area contributed by atoms with Crippen molar-refractivity contribution >= 4 is 5.78 Å². The number of carbonyl (C=O) groups is 1. The highest BCUT2D eigenvalue weighted by Crippen LogP contribution is 2.26. The third kappa shape index (κ3) is 2.26. The lowest BCUT2D eigenvalue weighted by atomic mass is 10.0. The summed E-state index contributed by atoms with van der Waals surface area (Å²) < 4.78 is 0. The molecular weight excluding hydrogens is 186 g/mol. The van der Waals surface area contributed by atoms with Gasteiger partial charge < -0.3 is 0 Å². The summed E-state index contributed by atoms with van der Waals surface area (Å²) in [5.74, 6) is 0.379. The first-order valence-corrected chi connectivity index (χ1v) is 5.62. The minimum atomic E-state index is 0.379. The minimum Gasteiger partial charge on any atom is -0.298 e. The highest BCUT2D eigenvalue weighted by atomic mass is 16.1. The first-order chi connectivity index (χ1) is 7.31. The van der Waals surface area contributed by atoms with Crippen LogP contribution in [0, 0.1) is 0 Å². The van der Waals surface area contributed by atoms with E-state index in [1.807, 2.05) is 6.07 Å². The number of likely N-dealkylation sites (tertiary alicyclic amines) is 1. The summed E-state index contributed by atoms with van der Waals surface area (Å²) in [5, 5.41) is 0. The Morgan fingerprint density at radius 2 is 2.07 bits per heavy atom. The van der Waals surface area contributed by atoms with Gasteiger partial charge in [-0.1, -0.05) is 37.3 Å². The minimum absolute atomic E-state index is 0.379. The smallest absolute Gasteiger partial charge is 0.148 e. The van der Waals surface area contributed by atoms with Crippen molar-refractivity contribution in [2.45, 2.75) is 25.8 Å². The van der Waals surface area contributed by atoms with Crippen LogP contribution in [-0.2, 0) is 4.79 Å². The normalized spacial score (nSPS) is 19.4. The van der Waals surface area contributed by atoms with Crippen molar-refractivity contribution in [2.75, 3.05) is 13.1 Å². The van der Waals surface area contributed by atoms with Gasteiger partial charge in [-0.3, -0.25) is 9.69 Å². The van der Waals surface area contributed by atoms with Gasteiger partial charge in [0.1, 0.15) is 5.78 Å². The van der Waals surface area contributed by atoms with Crippen LogP contribution in [0.25, 0.3) is 0 Å². The highest BCUT2D eigenvalue weighted by molar-refractivity contribution is 5.82. The molecule has 0 bridgehead atoms. The molecule has 1 heterocycles. The van der Waals surface area contributed by atoms with Gasteiger partial charge in [0.2, 0.25) is 0 Å². The van der Waals surface area contributed by atoms with Gasteiger partial charge in [0.05, 0.1) is 6.54 Å². The van der Waals surface area contributed by atoms with Crippen LogP contribution in [0.4, 0.5) is 0 Å². The third-order valence-electron chi connectivity index (χ3n) is 3.07. The molecule has 1 unspecified atom stereocenters. The van der Waals surface area contributed by atoms with Crippen LogP contribution in [0.3, 0.4) is 0 Å². The molecule has 0 spiro atoms. The van der Waals surface area contributed by atoms with Crippen LogP contribution >= 0.6 is 0 Å². The monoisotopic (exact) mass is 203 g/mol. The maximum absolute atomic E-state index is 11.3. The van der Waals surface area contributed by atoms with E-state index in [0.29, 0.717) is 18.4 Å². The quantitative estimate of drug-likeness (QED) is 0.752. The Kier molecular flexibility index (Phi) is 3.17. The first-order valence-electron chi connectivity index (χ1n) is 5.62. The van der Waals surface area contributed by atoms with Crippen LogP contribution < -0.4 is 0 Å². The number of benzene rings is 1. The van der Waals surface area contributed by atoms with Crippen LogP contribution in [0.5, 0.6) is 0 Å². The third-order valence-corrected chi connectivity index (χ3v) is 3.07. The fourth-order valence-electron chi connectivity index (χ4n) is 2.30. The standard InChI is InChI=1S/C13H17NO/c1-2-13(11-6-4-3-5-7-11)14-9-8-12(15)10-14/h3-7,13H,2,8-10H2,1H3. The molecule has 0 saturated carbocycles. The second-order valence-electron chi connectivity index (χ2n) is 4.09. The molecule has 0 aliphatic carbocycles. The molecule has 0 N–H and O–H groups in total. The lowest BCUT2D eigenvalue weighted by molar-refractivity contribution is -0.117. The molecule has 2 rings (SSSR count). The Hall–Kier alpha value is -1.15. The van der Waals surface area contributed by atoms with Crippen molar-refractivity contribution in [1.29, 1.82) is 0 Å². The fraction of sp³-hybridized carbons (Fsp3) is 0.462. The van der Waals surface area contributed by atoms with E-state index < -0.39 is 0 Å². The number of nitrogens with zero attached hydrogens (tertiary/aromatic N) is 1. The van der Waals surface area contributed by atoms with Gasteiger partial charge in [0, 0.05) is 19.0 Å². The molecule has 15 heavy (non-hydrogen) atoms. The van der Waals surface area contributed by atoms with Crippen LogP contribution in [0.15, 0.2) is 30.3 Å². The van der Waals surface area contributed by atoms with Crippen molar-refractivity contribution in [3.63, 3.8) is 0 Å². The van der Waals surface area contributed by atoms with Crippen molar-refractivity contribution < 1.29 is 4.79 Å². The average molecular weight is 203 g/mol. The first kappa shape index (κ1) is 10.4. The molecule has 1 aromatic carbocycles. The molecule has 0 radical (unpaired) electrons. The summed E-state index contributed by atoms with van der Waals surface area (Å²) >= 11 is 0. The van der Waals surface area contributed by atoms with E-state index in [0.717, 1.165) is 19.4 Å². The molecule has 1 aliphatic rings. The summed E-state index contributed by atoms with van der Waals surface area (Å²) in [6.07, 6.45) is 1.79. The Labute approximate surface area is 90.9 Å². The summed E-state index contributed by atoms with van der Waals surface area (Å²) in [5.41, 5.74) is 1.33. The predicted octanol–water partition coefficient (Wildman–Crippen LogP) is 2.41. The van der Waals surface area contributed by atoms with Gasteiger partial charge in [-0.15, -0.1) is 0 Å². The summed E-state index contributed by atoms with van der Waals surface area (Å²) in [7, 11) is 0. The zero-order chi connectivity index (χ0) is 10.7. The Morgan fingerprint density at radius 3 is 2.60 bits per heavy atom. The van der Waals surface area contributed by atoms with E-state index in [1.165, 1.54) is 5.56 Å². The maximum atomic E-state index is 11.3. The van der Waals surface area contributed by atoms with Crippen LogP contribution in [-0.4, -0.2) is 23.8 Å². The number of Topliss-reactive ketones (excluding diaryl/α,β-unsaturated/α-hetero) is 1. The number of rotatable bonds is 3. The average Bonchev–Trinajstić information content (AvgIpc) is 2.68. The zero-order valence-electron chi connectivity index (χ0n) is 9.15. The Balaban J connectivity index is 2.14. The van der Waals surface area contributed by atoms with Gasteiger partial charge in [0.15, 0.2) is 0 Å². The van der Waals surface area contributed by atoms with Gasteiger partial charge >= 0.3 is 0 Å². The number of ketones is 1. The molecule has 1 fully saturated rings. The topological polar surface area (TPSA) is 20.3 Å². The molecule has 2 heteroatoms. The van der Waals surface area contributed by atoms with Crippen molar-refractivity contribution in [3.05, 3.63) is 35.9 Å². The Bertz CT molecular complexity index is 334. The molecule has 2 nitrogen and oxygen atoms in total. The van der Waals surface area contributed by atoms with Gasteiger partial charge in [-0.05, 0) is 12.0 Å². The second-order valence-corrected chi connectivity index (χ2v) is 4.09. The molecule has 1 atom stereocenters. The molecule has 1 saturated heterocycles.